The van der Waals surface area contributed by atoms with Gasteiger partial charge < -0.3 is 14.8 Å². The van der Waals surface area contributed by atoms with Crippen molar-refractivity contribution in [2.75, 3.05) is 5.32 Å². The average molecular weight is 331 g/mol. The zero-order chi connectivity index (χ0) is 17.4. The zero-order valence-corrected chi connectivity index (χ0v) is 13.0. The molecule has 1 aromatic heterocycles. The van der Waals surface area contributed by atoms with E-state index in [0.717, 1.165) is 10.8 Å². The number of phenolic OH excluding ortho intramolecular Hbond substituents is 1. The molecule has 2 N–H and O–H groups in total. The first kappa shape index (κ1) is 15.0. The maximum absolute atomic E-state index is 12.5. The number of aromatic hydroxyl groups is 1. The van der Waals surface area contributed by atoms with Gasteiger partial charge in [-0.05, 0) is 35.0 Å². The van der Waals surface area contributed by atoms with E-state index in [1.165, 1.54) is 12.1 Å². The lowest BCUT2D eigenvalue weighted by molar-refractivity contribution is 0.102. The van der Waals surface area contributed by atoms with Gasteiger partial charge in [0.15, 0.2) is 0 Å². The Bertz CT molecular complexity index is 1180. The molecule has 1 heterocycles. The maximum atomic E-state index is 12.5. The van der Waals surface area contributed by atoms with Crippen LogP contribution in [0.25, 0.3) is 21.7 Å². The van der Waals surface area contributed by atoms with Crippen LogP contribution in [-0.2, 0) is 0 Å². The van der Waals surface area contributed by atoms with E-state index >= 15 is 0 Å². The summed E-state index contributed by atoms with van der Waals surface area (Å²) in [5.74, 6) is -0.566. The Morgan fingerprint density at radius 1 is 0.920 bits per heavy atom. The predicted octanol–water partition coefficient (Wildman–Crippen LogP) is 3.90. The van der Waals surface area contributed by atoms with Gasteiger partial charge in [0.25, 0.3) is 5.91 Å². The highest BCUT2D eigenvalue weighted by molar-refractivity contribution is 6.10. The molecule has 4 aromatic rings. The summed E-state index contributed by atoms with van der Waals surface area (Å²) in [6.07, 6.45) is 0. The summed E-state index contributed by atoms with van der Waals surface area (Å²) in [5.41, 5.74) is 0.0210. The van der Waals surface area contributed by atoms with Crippen LogP contribution in [0.2, 0.25) is 0 Å². The lowest BCUT2D eigenvalue weighted by Gasteiger charge is -2.07. The predicted molar refractivity (Wildman–Crippen MR) is 96.1 cm³/mol. The first-order valence-electron chi connectivity index (χ1n) is 7.68. The molecule has 3 aromatic carbocycles. The molecule has 0 aliphatic heterocycles. The molecule has 0 bridgehead atoms. The van der Waals surface area contributed by atoms with E-state index in [4.69, 9.17) is 4.42 Å². The summed E-state index contributed by atoms with van der Waals surface area (Å²) in [7, 11) is 0. The van der Waals surface area contributed by atoms with Crippen molar-refractivity contribution < 1.29 is 14.3 Å². The molecule has 0 fully saturated rings. The summed E-state index contributed by atoms with van der Waals surface area (Å²) in [6.45, 7) is 0. The number of benzene rings is 3. The summed E-state index contributed by atoms with van der Waals surface area (Å²) >= 11 is 0. The molecular weight excluding hydrogens is 318 g/mol. The minimum Gasteiger partial charge on any atom is -0.508 e. The molecule has 0 saturated carbocycles. The minimum absolute atomic E-state index is 0.0225. The van der Waals surface area contributed by atoms with Crippen molar-refractivity contribution in [1.82, 2.24) is 0 Å². The van der Waals surface area contributed by atoms with E-state index < -0.39 is 11.5 Å². The van der Waals surface area contributed by atoms with Gasteiger partial charge in [0.1, 0.15) is 16.9 Å². The Hall–Kier alpha value is -3.60. The van der Waals surface area contributed by atoms with Crippen LogP contribution in [0.1, 0.15) is 10.4 Å². The Kier molecular flexibility index (Phi) is 3.47. The number of nitrogens with one attached hydrogen (secondary N) is 1. The third-order valence-corrected chi connectivity index (χ3v) is 3.99. The number of phenols is 1. The Labute approximate surface area is 142 Å². The molecule has 5 heteroatoms. The van der Waals surface area contributed by atoms with E-state index in [0.29, 0.717) is 16.7 Å². The third-order valence-electron chi connectivity index (χ3n) is 3.99. The van der Waals surface area contributed by atoms with E-state index in [1.807, 2.05) is 30.3 Å². The fraction of sp³-hybridized carbons (Fsp3) is 0. The lowest BCUT2D eigenvalue weighted by Crippen LogP contribution is -2.20. The molecule has 0 unspecified atom stereocenters. The minimum atomic E-state index is -0.708. The van der Waals surface area contributed by atoms with Crippen LogP contribution >= 0.6 is 0 Å². The second-order valence-corrected chi connectivity index (χ2v) is 5.65. The second-order valence-electron chi connectivity index (χ2n) is 5.65. The number of carbonyl (C=O) groups is 1. The van der Waals surface area contributed by atoms with Gasteiger partial charge >= 0.3 is 5.63 Å². The van der Waals surface area contributed by atoms with Gasteiger partial charge in [-0.15, -0.1) is 0 Å². The lowest BCUT2D eigenvalue weighted by atomic mass is 10.0. The fourth-order valence-corrected chi connectivity index (χ4v) is 2.81. The van der Waals surface area contributed by atoms with Gasteiger partial charge in [-0.2, -0.15) is 0 Å². The molecule has 0 spiro atoms. The Morgan fingerprint density at radius 3 is 2.60 bits per heavy atom. The first-order valence-corrected chi connectivity index (χ1v) is 7.68. The van der Waals surface area contributed by atoms with Crippen LogP contribution in [0.4, 0.5) is 5.69 Å². The number of carbonyl (C=O) groups excluding carboxylic acids is 1. The van der Waals surface area contributed by atoms with Crippen molar-refractivity contribution >= 4 is 33.3 Å². The molecule has 122 valence electrons. The van der Waals surface area contributed by atoms with Crippen molar-refractivity contribution in [2.45, 2.75) is 0 Å². The molecule has 0 aliphatic carbocycles. The van der Waals surface area contributed by atoms with Crippen molar-refractivity contribution in [3.05, 3.63) is 82.7 Å². The van der Waals surface area contributed by atoms with E-state index in [1.54, 1.807) is 24.3 Å². The number of rotatable bonds is 2. The van der Waals surface area contributed by atoms with Crippen LogP contribution in [0.5, 0.6) is 5.75 Å². The standard InChI is InChI=1S/C20H13NO4/c22-14-6-3-5-13(10-14)21-19(23)17-11-16-15-7-2-1-4-12(15)8-9-18(16)25-20(17)24/h1-11,22H,(H,21,23). The first-order chi connectivity index (χ1) is 12.1. The van der Waals surface area contributed by atoms with E-state index in [9.17, 15) is 14.7 Å². The average Bonchev–Trinajstić information content (AvgIpc) is 2.61. The highest BCUT2D eigenvalue weighted by atomic mass is 16.4. The molecule has 25 heavy (non-hydrogen) atoms. The van der Waals surface area contributed by atoms with Gasteiger partial charge in [-0.3, -0.25) is 4.79 Å². The SMILES string of the molecule is O=C(Nc1cccc(O)c1)c1cc2c(ccc3ccccc32)oc1=O. The van der Waals surface area contributed by atoms with Gasteiger partial charge in [0, 0.05) is 17.1 Å². The summed E-state index contributed by atoms with van der Waals surface area (Å²) in [6, 6.07) is 18.9. The normalized spacial score (nSPS) is 10.9. The van der Waals surface area contributed by atoms with Crippen molar-refractivity contribution in [3.8, 4) is 5.75 Å². The number of hydrogen-bond donors (Lipinski definition) is 2. The zero-order valence-electron chi connectivity index (χ0n) is 13.0. The fourth-order valence-electron chi connectivity index (χ4n) is 2.81. The van der Waals surface area contributed by atoms with Gasteiger partial charge in [-0.1, -0.05) is 36.4 Å². The molecule has 0 saturated heterocycles. The molecule has 0 aliphatic rings. The van der Waals surface area contributed by atoms with Gasteiger partial charge in [0.2, 0.25) is 0 Å². The van der Waals surface area contributed by atoms with Gasteiger partial charge in [0.05, 0.1) is 0 Å². The summed E-state index contributed by atoms with van der Waals surface area (Å²) in [4.78, 5) is 24.7. The maximum Gasteiger partial charge on any atom is 0.349 e. The number of anilines is 1. The van der Waals surface area contributed by atoms with Crippen LogP contribution in [0.15, 0.2) is 75.9 Å². The molecular formula is C20H13NO4. The molecule has 1 amide bonds. The number of hydrogen-bond acceptors (Lipinski definition) is 4. The molecule has 0 atom stereocenters. The van der Waals surface area contributed by atoms with E-state index in [2.05, 4.69) is 5.32 Å². The van der Waals surface area contributed by atoms with Gasteiger partial charge in [-0.25, -0.2) is 4.79 Å². The van der Waals surface area contributed by atoms with Crippen LogP contribution in [0.3, 0.4) is 0 Å². The number of amides is 1. The molecule has 5 nitrogen and oxygen atoms in total. The topological polar surface area (TPSA) is 79.5 Å². The van der Waals surface area contributed by atoms with Crippen LogP contribution < -0.4 is 10.9 Å². The molecule has 0 radical (unpaired) electrons. The van der Waals surface area contributed by atoms with Crippen LogP contribution in [0, 0.1) is 0 Å². The van der Waals surface area contributed by atoms with Crippen molar-refractivity contribution in [2.24, 2.45) is 0 Å². The molecule has 4 rings (SSSR count). The highest BCUT2D eigenvalue weighted by Crippen LogP contribution is 2.25. The highest BCUT2D eigenvalue weighted by Gasteiger charge is 2.15. The Balaban J connectivity index is 1.83. The van der Waals surface area contributed by atoms with Crippen LogP contribution in [-0.4, -0.2) is 11.0 Å². The van der Waals surface area contributed by atoms with E-state index in [-0.39, 0.29) is 11.3 Å². The summed E-state index contributed by atoms with van der Waals surface area (Å²) < 4.78 is 5.32. The van der Waals surface area contributed by atoms with Crippen molar-refractivity contribution in [1.29, 1.82) is 0 Å². The number of fused-ring (bicyclic) bond motifs is 3. The monoisotopic (exact) mass is 331 g/mol. The summed E-state index contributed by atoms with van der Waals surface area (Å²) in [5, 5.41) is 14.7. The quantitative estimate of drug-likeness (QED) is 0.431. The van der Waals surface area contributed by atoms with Crippen molar-refractivity contribution in [3.63, 3.8) is 0 Å². The second kappa shape index (κ2) is 5.79. The third kappa shape index (κ3) is 2.72. The largest absolute Gasteiger partial charge is 0.508 e. The smallest absolute Gasteiger partial charge is 0.349 e. The Morgan fingerprint density at radius 2 is 1.76 bits per heavy atom.